The van der Waals surface area contributed by atoms with Gasteiger partial charge in [-0.3, -0.25) is 4.98 Å². The van der Waals surface area contributed by atoms with Gasteiger partial charge >= 0.3 is 0 Å². The van der Waals surface area contributed by atoms with E-state index in [0.717, 1.165) is 23.3 Å². The van der Waals surface area contributed by atoms with E-state index in [1.807, 2.05) is 24.4 Å². The first-order valence-electron chi connectivity index (χ1n) is 6.41. The molecule has 0 spiro atoms. The van der Waals surface area contributed by atoms with Crippen LogP contribution in [0.15, 0.2) is 36.7 Å². The summed E-state index contributed by atoms with van der Waals surface area (Å²) >= 11 is 0. The lowest BCUT2D eigenvalue weighted by molar-refractivity contribution is 0.404. The molecule has 1 unspecified atom stereocenters. The number of aromatic nitrogens is 1. The van der Waals surface area contributed by atoms with Crippen molar-refractivity contribution in [2.75, 3.05) is 7.11 Å². The Morgan fingerprint density at radius 2 is 2.11 bits per heavy atom. The van der Waals surface area contributed by atoms with E-state index in [0.29, 0.717) is 0 Å². The van der Waals surface area contributed by atoms with E-state index in [4.69, 9.17) is 10.5 Å². The molecule has 0 radical (unpaired) electrons. The molecule has 19 heavy (non-hydrogen) atoms. The quantitative estimate of drug-likeness (QED) is 0.915. The smallest absolute Gasteiger partial charge is 0.124 e. The third-order valence-corrected chi connectivity index (χ3v) is 3.26. The fourth-order valence-electron chi connectivity index (χ4n) is 2.46. The van der Waals surface area contributed by atoms with Crippen LogP contribution < -0.4 is 10.5 Å². The summed E-state index contributed by atoms with van der Waals surface area (Å²) in [5.74, 6) is 0.869. The summed E-state index contributed by atoms with van der Waals surface area (Å²) in [6.45, 7) is 4.14. The molecule has 1 aromatic carbocycles. The Labute approximate surface area is 114 Å². The first-order chi connectivity index (χ1) is 9.11. The lowest BCUT2D eigenvalue weighted by Crippen LogP contribution is -2.16. The highest BCUT2D eigenvalue weighted by atomic mass is 16.5. The average Bonchev–Trinajstić information content (AvgIpc) is 2.38. The minimum atomic E-state index is -0.0836. The van der Waals surface area contributed by atoms with Gasteiger partial charge in [-0.15, -0.1) is 0 Å². The Kier molecular flexibility index (Phi) is 4.17. The van der Waals surface area contributed by atoms with Gasteiger partial charge in [-0.25, -0.2) is 0 Å². The molecule has 1 heterocycles. The van der Waals surface area contributed by atoms with Crippen molar-refractivity contribution in [2.24, 2.45) is 5.73 Å². The minimum absolute atomic E-state index is 0.0836. The van der Waals surface area contributed by atoms with Crippen molar-refractivity contribution in [3.63, 3.8) is 0 Å². The molecule has 0 fully saturated rings. The molecule has 2 N–H and O–H groups in total. The Morgan fingerprint density at radius 3 is 2.74 bits per heavy atom. The van der Waals surface area contributed by atoms with E-state index in [1.54, 1.807) is 13.3 Å². The maximum Gasteiger partial charge on any atom is 0.124 e. The van der Waals surface area contributed by atoms with Gasteiger partial charge in [0.2, 0.25) is 0 Å². The second-order valence-corrected chi connectivity index (χ2v) is 4.87. The Balaban J connectivity index is 2.31. The van der Waals surface area contributed by atoms with Crippen LogP contribution in [-0.4, -0.2) is 12.1 Å². The normalized spacial score (nSPS) is 12.2. The summed E-state index contributed by atoms with van der Waals surface area (Å²) in [7, 11) is 1.69. The van der Waals surface area contributed by atoms with Gasteiger partial charge in [0, 0.05) is 24.0 Å². The monoisotopic (exact) mass is 256 g/mol. The summed E-state index contributed by atoms with van der Waals surface area (Å²) < 4.78 is 5.47. The van der Waals surface area contributed by atoms with Crippen LogP contribution in [0.3, 0.4) is 0 Å². The molecule has 0 amide bonds. The van der Waals surface area contributed by atoms with Crippen molar-refractivity contribution in [3.8, 4) is 5.75 Å². The zero-order valence-electron chi connectivity index (χ0n) is 11.7. The highest BCUT2D eigenvalue weighted by Crippen LogP contribution is 2.30. The molecule has 0 saturated heterocycles. The molecule has 0 bridgehead atoms. The maximum absolute atomic E-state index is 6.35. The third-order valence-electron chi connectivity index (χ3n) is 3.26. The summed E-state index contributed by atoms with van der Waals surface area (Å²) in [4.78, 5) is 4.12. The van der Waals surface area contributed by atoms with E-state index in [9.17, 15) is 0 Å². The van der Waals surface area contributed by atoms with E-state index in [-0.39, 0.29) is 6.04 Å². The zero-order chi connectivity index (χ0) is 13.8. The molecule has 1 aromatic heterocycles. The largest absolute Gasteiger partial charge is 0.496 e. The highest BCUT2D eigenvalue weighted by Gasteiger charge is 2.16. The molecule has 0 aliphatic heterocycles. The van der Waals surface area contributed by atoms with E-state index in [1.165, 1.54) is 11.1 Å². The van der Waals surface area contributed by atoms with Gasteiger partial charge in [0.1, 0.15) is 5.75 Å². The standard InChI is InChI=1S/C16H20N2O/c1-11-7-12(2)16(15(8-11)19-3)14(17)9-13-5-4-6-18-10-13/h4-8,10,14H,9,17H2,1-3H3. The molecule has 0 saturated carbocycles. The Bertz CT molecular complexity index is 552. The molecular formula is C16H20N2O. The molecule has 0 aliphatic rings. The number of nitrogens with two attached hydrogens (primary N) is 1. The molecule has 3 heteroatoms. The second-order valence-electron chi connectivity index (χ2n) is 4.87. The van der Waals surface area contributed by atoms with Gasteiger partial charge in [0.05, 0.1) is 7.11 Å². The Morgan fingerprint density at radius 1 is 1.32 bits per heavy atom. The van der Waals surface area contributed by atoms with E-state index < -0.39 is 0 Å². The van der Waals surface area contributed by atoms with Gasteiger partial charge in [0.15, 0.2) is 0 Å². The SMILES string of the molecule is COc1cc(C)cc(C)c1C(N)Cc1cccnc1. The number of pyridine rings is 1. The summed E-state index contributed by atoms with van der Waals surface area (Å²) in [5, 5.41) is 0. The summed E-state index contributed by atoms with van der Waals surface area (Å²) in [6.07, 6.45) is 4.39. The van der Waals surface area contributed by atoms with Crippen LogP contribution in [0.1, 0.15) is 28.3 Å². The van der Waals surface area contributed by atoms with Crippen LogP contribution in [0.5, 0.6) is 5.75 Å². The van der Waals surface area contributed by atoms with Crippen LogP contribution in [0.2, 0.25) is 0 Å². The van der Waals surface area contributed by atoms with Crippen LogP contribution in [0.4, 0.5) is 0 Å². The lowest BCUT2D eigenvalue weighted by Gasteiger charge is -2.19. The number of aryl methyl sites for hydroxylation is 2. The molecule has 0 aliphatic carbocycles. The third kappa shape index (κ3) is 3.12. The number of ether oxygens (including phenoxy) is 1. The highest BCUT2D eigenvalue weighted by molar-refractivity contribution is 5.45. The fraction of sp³-hybridized carbons (Fsp3) is 0.312. The van der Waals surface area contributed by atoms with Gasteiger partial charge in [-0.2, -0.15) is 0 Å². The number of hydrogen-bond acceptors (Lipinski definition) is 3. The predicted octanol–water partition coefficient (Wildman–Crippen LogP) is 2.95. The van der Waals surface area contributed by atoms with Crippen molar-refractivity contribution in [3.05, 3.63) is 58.9 Å². The predicted molar refractivity (Wildman–Crippen MR) is 77.3 cm³/mol. The molecule has 2 rings (SSSR count). The summed E-state index contributed by atoms with van der Waals surface area (Å²) in [6, 6.07) is 8.07. The van der Waals surface area contributed by atoms with Crippen molar-refractivity contribution >= 4 is 0 Å². The fourth-order valence-corrected chi connectivity index (χ4v) is 2.46. The first kappa shape index (κ1) is 13.6. The number of methoxy groups -OCH3 is 1. The van der Waals surface area contributed by atoms with Crippen LogP contribution in [0, 0.1) is 13.8 Å². The van der Waals surface area contributed by atoms with Gasteiger partial charge in [-0.05, 0) is 49.1 Å². The second kappa shape index (κ2) is 5.85. The van der Waals surface area contributed by atoms with E-state index in [2.05, 4.69) is 24.9 Å². The topological polar surface area (TPSA) is 48.1 Å². The van der Waals surface area contributed by atoms with Crippen molar-refractivity contribution < 1.29 is 4.74 Å². The summed E-state index contributed by atoms with van der Waals surface area (Å²) in [5.41, 5.74) is 10.9. The van der Waals surface area contributed by atoms with Crippen LogP contribution >= 0.6 is 0 Å². The first-order valence-corrected chi connectivity index (χ1v) is 6.41. The number of hydrogen-bond donors (Lipinski definition) is 1. The zero-order valence-corrected chi connectivity index (χ0v) is 11.7. The van der Waals surface area contributed by atoms with Gasteiger partial charge < -0.3 is 10.5 Å². The number of benzene rings is 1. The van der Waals surface area contributed by atoms with E-state index >= 15 is 0 Å². The van der Waals surface area contributed by atoms with Crippen LogP contribution in [0.25, 0.3) is 0 Å². The minimum Gasteiger partial charge on any atom is -0.496 e. The van der Waals surface area contributed by atoms with Crippen molar-refractivity contribution in [1.82, 2.24) is 4.98 Å². The van der Waals surface area contributed by atoms with Crippen molar-refractivity contribution in [2.45, 2.75) is 26.3 Å². The molecule has 2 aromatic rings. The van der Waals surface area contributed by atoms with Crippen LogP contribution in [-0.2, 0) is 6.42 Å². The molecule has 3 nitrogen and oxygen atoms in total. The number of rotatable bonds is 4. The van der Waals surface area contributed by atoms with Gasteiger partial charge in [-0.1, -0.05) is 12.1 Å². The number of nitrogens with zero attached hydrogens (tertiary/aromatic N) is 1. The van der Waals surface area contributed by atoms with Gasteiger partial charge in [0.25, 0.3) is 0 Å². The maximum atomic E-state index is 6.35. The molecular weight excluding hydrogens is 236 g/mol. The van der Waals surface area contributed by atoms with Crippen molar-refractivity contribution in [1.29, 1.82) is 0 Å². The molecule has 1 atom stereocenters. The lowest BCUT2D eigenvalue weighted by atomic mass is 9.94. The molecule has 100 valence electrons. The Hall–Kier alpha value is -1.87. The average molecular weight is 256 g/mol.